The smallest absolute Gasteiger partial charge is 0.264 e. The number of aromatic amines is 1. The van der Waals surface area contributed by atoms with Crippen LogP contribution in [0.4, 0.5) is 0 Å². The number of H-pyrrole nitrogens is 1. The molecule has 1 aromatic carbocycles. The minimum atomic E-state index is -0.194. The number of piperidine rings is 1. The zero-order valence-corrected chi connectivity index (χ0v) is 13.3. The summed E-state index contributed by atoms with van der Waals surface area (Å²) >= 11 is 0. The van der Waals surface area contributed by atoms with Gasteiger partial charge in [0.1, 0.15) is 5.75 Å². The fourth-order valence-corrected chi connectivity index (χ4v) is 2.94. The highest BCUT2D eigenvalue weighted by Crippen LogP contribution is 2.20. The lowest BCUT2D eigenvalue weighted by atomic mass is 10.1. The molecule has 5 heteroatoms. The number of hydrogen-bond acceptors (Lipinski definition) is 4. The number of nitrogens with one attached hydrogen (secondary N) is 1. The van der Waals surface area contributed by atoms with Crippen LogP contribution in [0.25, 0.3) is 11.1 Å². The van der Waals surface area contributed by atoms with Crippen LogP contribution in [0, 0.1) is 0 Å². The van der Waals surface area contributed by atoms with E-state index in [0.29, 0.717) is 0 Å². The highest BCUT2D eigenvalue weighted by atomic mass is 16.5. The van der Waals surface area contributed by atoms with Crippen LogP contribution in [0.2, 0.25) is 0 Å². The molecular weight excluding hydrogens is 290 g/mol. The Bertz CT molecular complexity index is 660. The van der Waals surface area contributed by atoms with Gasteiger partial charge in [-0.2, -0.15) is 5.10 Å². The molecule has 1 aliphatic rings. The fourth-order valence-electron chi connectivity index (χ4n) is 2.94. The SMILES string of the molecule is O=c1cc(-c2ccc(OCCCN3CCCCC3)cc2)cn[nH]1. The summed E-state index contributed by atoms with van der Waals surface area (Å²) < 4.78 is 5.80. The van der Waals surface area contributed by atoms with Crippen molar-refractivity contribution in [2.45, 2.75) is 25.7 Å². The van der Waals surface area contributed by atoms with Crippen molar-refractivity contribution in [1.29, 1.82) is 0 Å². The third kappa shape index (κ3) is 4.66. The first kappa shape index (κ1) is 15.7. The summed E-state index contributed by atoms with van der Waals surface area (Å²) in [6.07, 6.45) is 6.75. The molecule has 122 valence electrons. The summed E-state index contributed by atoms with van der Waals surface area (Å²) in [5.74, 6) is 0.866. The number of rotatable bonds is 6. The van der Waals surface area contributed by atoms with E-state index in [1.807, 2.05) is 24.3 Å². The Balaban J connectivity index is 1.47. The van der Waals surface area contributed by atoms with Crippen molar-refractivity contribution in [3.8, 4) is 16.9 Å². The highest BCUT2D eigenvalue weighted by molar-refractivity contribution is 5.62. The lowest BCUT2D eigenvalue weighted by molar-refractivity contribution is 0.205. The molecule has 2 aromatic rings. The molecule has 2 heterocycles. The van der Waals surface area contributed by atoms with Gasteiger partial charge in [-0.15, -0.1) is 0 Å². The van der Waals surface area contributed by atoms with Crippen molar-refractivity contribution in [1.82, 2.24) is 15.1 Å². The first-order chi connectivity index (χ1) is 11.3. The number of hydrogen-bond donors (Lipinski definition) is 1. The second-order valence-corrected chi connectivity index (χ2v) is 5.96. The van der Waals surface area contributed by atoms with Crippen molar-refractivity contribution in [3.63, 3.8) is 0 Å². The lowest BCUT2D eigenvalue weighted by Crippen LogP contribution is -2.31. The molecule has 0 unspecified atom stereocenters. The highest BCUT2D eigenvalue weighted by Gasteiger charge is 2.09. The minimum absolute atomic E-state index is 0.194. The molecule has 0 spiro atoms. The van der Waals surface area contributed by atoms with Crippen molar-refractivity contribution in [3.05, 3.63) is 46.9 Å². The second kappa shape index (κ2) is 7.92. The minimum Gasteiger partial charge on any atom is -0.494 e. The zero-order valence-electron chi connectivity index (χ0n) is 13.3. The topological polar surface area (TPSA) is 58.2 Å². The predicted molar refractivity (Wildman–Crippen MR) is 90.7 cm³/mol. The monoisotopic (exact) mass is 313 g/mol. The fraction of sp³-hybridized carbons (Fsp3) is 0.444. The predicted octanol–water partition coefficient (Wildman–Crippen LogP) is 2.69. The summed E-state index contributed by atoms with van der Waals surface area (Å²) in [6.45, 7) is 4.33. The van der Waals surface area contributed by atoms with Crippen molar-refractivity contribution in [2.75, 3.05) is 26.2 Å². The van der Waals surface area contributed by atoms with E-state index in [0.717, 1.165) is 36.4 Å². The molecule has 0 radical (unpaired) electrons. The van der Waals surface area contributed by atoms with E-state index in [1.54, 1.807) is 12.3 Å². The van der Waals surface area contributed by atoms with Gasteiger partial charge in [-0.1, -0.05) is 18.6 Å². The molecule has 0 amide bonds. The molecule has 0 saturated carbocycles. The third-order valence-electron chi connectivity index (χ3n) is 4.19. The maximum atomic E-state index is 11.3. The van der Waals surface area contributed by atoms with Crippen LogP contribution in [-0.2, 0) is 0 Å². The van der Waals surface area contributed by atoms with E-state index < -0.39 is 0 Å². The average molecular weight is 313 g/mol. The van der Waals surface area contributed by atoms with Crippen LogP contribution < -0.4 is 10.3 Å². The molecule has 0 atom stereocenters. The zero-order chi connectivity index (χ0) is 15.9. The van der Waals surface area contributed by atoms with Crippen LogP contribution in [0.5, 0.6) is 5.75 Å². The van der Waals surface area contributed by atoms with Crippen molar-refractivity contribution < 1.29 is 4.74 Å². The largest absolute Gasteiger partial charge is 0.494 e. The van der Waals surface area contributed by atoms with Gasteiger partial charge in [-0.3, -0.25) is 4.79 Å². The number of likely N-dealkylation sites (tertiary alicyclic amines) is 1. The molecule has 1 N–H and O–H groups in total. The molecule has 1 aromatic heterocycles. The van der Waals surface area contributed by atoms with Crippen LogP contribution >= 0.6 is 0 Å². The Hall–Kier alpha value is -2.14. The van der Waals surface area contributed by atoms with Crippen LogP contribution in [0.15, 0.2) is 41.3 Å². The number of ether oxygens (including phenoxy) is 1. The Morgan fingerprint density at radius 3 is 2.61 bits per heavy atom. The molecule has 0 bridgehead atoms. The number of benzene rings is 1. The van der Waals surface area contributed by atoms with Gasteiger partial charge < -0.3 is 9.64 Å². The van der Waals surface area contributed by atoms with E-state index in [2.05, 4.69) is 15.1 Å². The van der Waals surface area contributed by atoms with Gasteiger partial charge in [0, 0.05) is 18.2 Å². The van der Waals surface area contributed by atoms with E-state index >= 15 is 0 Å². The molecule has 0 aliphatic carbocycles. The van der Waals surface area contributed by atoms with Crippen LogP contribution in [0.1, 0.15) is 25.7 Å². The molecule has 3 rings (SSSR count). The molecule has 23 heavy (non-hydrogen) atoms. The summed E-state index contributed by atoms with van der Waals surface area (Å²) in [4.78, 5) is 13.8. The normalized spacial score (nSPS) is 15.5. The summed E-state index contributed by atoms with van der Waals surface area (Å²) in [7, 11) is 0. The lowest BCUT2D eigenvalue weighted by Gasteiger charge is -2.26. The Morgan fingerprint density at radius 2 is 1.87 bits per heavy atom. The Kier molecular flexibility index (Phi) is 5.42. The standard InChI is InChI=1S/C18H23N3O2/c22-18-13-16(14-19-20-18)15-5-7-17(8-6-15)23-12-4-11-21-9-2-1-3-10-21/h5-8,13-14H,1-4,9-12H2,(H,20,22). The first-order valence-electron chi connectivity index (χ1n) is 8.31. The molecule has 5 nitrogen and oxygen atoms in total. The van der Waals surface area contributed by atoms with Gasteiger partial charge in [0.15, 0.2) is 0 Å². The van der Waals surface area contributed by atoms with Gasteiger partial charge in [0.25, 0.3) is 5.56 Å². The van der Waals surface area contributed by atoms with Crippen molar-refractivity contribution in [2.24, 2.45) is 0 Å². The van der Waals surface area contributed by atoms with Crippen molar-refractivity contribution >= 4 is 0 Å². The van der Waals surface area contributed by atoms with Crippen LogP contribution in [-0.4, -0.2) is 41.3 Å². The van der Waals surface area contributed by atoms with Crippen LogP contribution in [0.3, 0.4) is 0 Å². The maximum Gasteiger partial charge on any atom is 0.264 e. The third-order valence-corrected chi connectivity index (χ3v) is 4.19. The van der Waals surface area contributed by atoms with Gasteiger partial charge in [0.2, 0.25) is 0 Å². The Labute approximate surface area is 136 Å². The number of aromatic nitrogens is 2. The second-order valence-electron chi connectivity index (χ2n) is 5.96. The maximum absolute atomic E-state index is 11.3. The average Bonchev–Trinajstić information content (AvgIpc) is 2.60. The van der Waals surface area contributed by atoms with Gasteiger partial charge in [-0.05, 0) is 50.0 Å². The van der Waals surface area contributed by atoms with E-state index in [1.165, 1.54) is 32.4 Å². The van der Waals surface area contributed by atoms with E-state index in [9.17, 15) is 4.79 Å². The summed E-state index contributed by atoms with van der Waals surface area (Å²) in [5.41, 5.74) is 1.58. The first-order valence-corrected chi connectivity index (χ1v) is 8.31. The number of nitrogens with zero attached hydrogens (tertiary/aromatic N) is 2. The van der Waals surface area contributed by atoms with E-state index in [-0.39, 0.29) is 5.56 Å². The van der Waals surface area contributed by atoms with Gasteiger partial charge in [-0.25, -0.2) is 5.10 Å². The molecular formula is C18H23N3O2. The summed E-state index contributed by atoms with van der Waals surface area (Å²) in [6, 6.07) is 9.34. The molecule has 1 fully saturated rings. The summed E-state index contributed by atoms with van der Waals surface area (Å²) in [5, 5.41) is 6.19. The molecule has 1 saturated heterocycles. The van der Waals surface area contributed by atoms with Gasteiger partial charge in [0.05, 0.1) is 12.8 Å². The van der Waals surface area contributed by atoms with E-state index in [4.69, 9.17) is 4.74 Å². The molecule has 1 aliphatic heterocycles. The quantitative estimate of drug-likeness (QED) is 0.833. The van der Waals surface area contributed by atoms with Gasteiger partial charge >= 0.3 is 0 Å². The Morgan fingerprint density at radius 1 is 1.09 bits per heavy atom.